The molecule has 7 heteroatoms. The average Bonchev–Trinajstić information content (AvgIpc) is 2.58. The summed E-state index contributed by atoms with van der Waals surface area (Å²) in [4.78, 5) is 22.1. The highest BCUT2D eigenvalue weighted by Crippen LogP contribution is 2.36. The van der Waals surface area contributed by atoms with E-state index >= 15 is 0 Å². The Morgan fingerprint density at radius 2 is 2.04 bits per heavy atom. The molecule has 0 bridgehead atoms. The zero-order chi connectivity index (χ0) is 17.2. The number of piperidine rings is 1. The summed E-state index contributed by atoms with van der Waals surface area (Å²) in [7, 11) is 0. The SMILES string of the molecule is O=C(O)[C@]1(Cc2ccc(F)cc2F)CCCN(c2ncccn2)C1. The van der Waals surface area contributed by atoms with Gasteiger partial charge < -0.3 is 10.0 Å². The Kier molecular flexibility index (Phi) is 4.42. The Balaban J connectivity index is 1.89. The first-order valence-electron chi connectivity index (χ1n) is 7.69. The van der Waals surface area contributed by atoms with Crippen LogP contribution in [0.3, 0.4) is 0 Å². The molecule has 0 amide bonds. The van der Waals surface area contributed by atoms with E-state index in [0.29, 0.717) is 25.3 Å². The predicted octanol–water partition coefficient (Wildman–Crippen LogP) is 2.67. The Hall–Kier alpha value is -2.57. The first-order valence-corrected chi connectivity index (χ1v) is 7.69. The van der Waals surface area contributed by atoms with Gasteiger partial charge >= 0.3 is 5.97 Å². The molecule has 24 heavy (non-hydrogen) atoms. The summed E-state index contributed by atoms with van der Waals surface area (Å²) in [6.45, 7) is 0.827. The summed E-state index contributed by atoms with van der Waals surface area (Å²) in [5.74, 6) is -1.93. The molecule has 0 spiro atoms. The van der Waals surface area contributed by atoms with Gasteiger partial charge in [0.25, 0.3) is 0 Å². The maximum atomic E-state index is 14.0. The van der Waals surface area contributed by atoms with Gasteiger partial charge in [-0.05, 0) is 37.0 Å². The van der Waals surface area contributed by atoms with E-state index in [-0.39, 0.29) is 18.5 Å². The summed E-state index contributed by atoms with van der Waals surface area (Å²) in [6, 6.07) is 4.93. The highest BCUT2D eigenvalue weighted by Gasteiger charge is 2.43. The summed E-state index contributed by atoms with van der Waals surface area (Å²) < 4.78 is 27.1. The van der Waals surface area contributed by atoms with E-state index in [4.69, 9.17) is 0 Å². The number of aromatic nitrogens is 2. The number of aliphatic carboxylic acids is 1. The van der Waals surface area contributed by atoms with Crippen LogP contribution in [-0.4, -0.2) is 34.1 Å². The summed E-state index contributed by atoms with van der Waals surface area (Å²) >= 11 is 0. The molecule has 3 rings (SSSR count). The second-order valence-corrected chi connectivity index (χ2v) is 6.07. The van der Waals surface area contributed by atoms with Gasteiger partial charge in [0.15, 0.2) is 0 Å². The minimum Gasteiger partial charge on any atom is -0.481 e. The average molecular weight is 333 g/mol. The van der Waals surface area contributed by atoms with Crippen LogP contribution in [0.5, 0.6) is 0 Å². The van der Waals surface area contributed by atoms with Crippen molar-refractivity contribution in [1.82, 2.24) is 9.97 Å². The van der Waals surface area contributed by atoms with Crippen LogP contribution in [0, 0.1) is 17.0 Å². The zero-order valence-electron chi connectivity index (χ0n) is 13.0. The molecule has 1 N–H and O–H groups in total. The highest BCUT2D eigenvalue weighted by molar-refractivity contribution is 5.76. The number of nitrogens with zero attached hydrogens (tertiary/aromatic N) is 3. The molecule has 2 aromatic rings. The number of halogens is 2. The van der Waals surface area contributed by atoms with E-state index in [2.05, 4.69) is 9.97 Å². The van der Waals surface area contributed by atoms with Crippen LogP contribution in [-0.2, 0) is 11.2 Å². The lowest BCUT2D eigenvalue weighted by atomic mass is 9.75. The number of carboxylic acid groups (broad SMARTS) is 1. The maximum absolute atomic E-state index is 14.0. The Morgan fingerprint density at radius 1 is 1.29 bits per heavy atom. The van der Waals surface area contributed by atoms with Crippen molar-refractivity contribution in [3.63, 3.8) is 0 Å². The van der Waals surface area contributed by atoms with E-state index in [1.807, 2.05) is 0 Å². The van der Waals surface area contributed by atoms with Crippen molar-refractivity contribution >= 4 is 11.9 Å². The molecule has 0 radical (unpaired) electrons. The van der Waals surface area contributed by atoms with Gasteiger partial charge in [0.2, 0.25) is 5.95 Å². The Bertz CT molecular complexity index is 742. The molecule has 1 aromatic heterocycles. The van der Waals surface area contributed by atoms with Crippen molar-refractivity contribution in [2.75, 3.05) is 18.0 Å². The number of anilines is 1. The topological polar surface area (TPSA) is 66.3 Å². The minimum absolute atomic E-state index is 0.00220. The summed E-state index contributed by atoms with van der Waals surface area (Å²) in [6.07, 6.45) is 4.24. The Labute approximate surface area is 138 Å². The lowest BCUT2D eigenvalue weighted by molar-refractivity contribution is -0.149. The molecule has 1 saturated heterocycles. The first-order chi connectivity index (χ1) is 11.5. The standard InChI is InChI=1S/C17H17F2N3O2/c18-13-4-3-12(14(19)9-13)10-17(15(23)24)5-1-8-22(11-17)16-20-6-2-7-21-16/h2-4,6-7,9H,1,5,8,10-11H2,(H,23,24)/t17-/m0/s1. The summed E-state index contributed by atoms with van der Waals surface area (Å²) in [5, 5.41) is 9.80. The first kappa shape index (κ1) is 16.3. The summed E-state index contributed by atoms with van der Waals surface area (Å²) in [5.41, 5.74) is -0.953. The van der Waals surface area contributed by atoms with Gasteiger partial charge in [-0.15, -0.1) is 0 Å². The van der Waals surface area contributed by atoms with E-state index in [1.165, 1.54) is 6.07 Å². The van der Waals surface area contributed by atoms with Gasteiger partial charge in [-0.25, -0.2) is 18.7 Å². The van der Waals surface area contributed by atoms with Crippen LogP contribution in [0.2, 0.25) is 0 Å². The largest absolute Gasteiger partial charge is 0.481 e. The minimum atomic E-state index is -1.16. The molecule has 1 aliphatic rings. The lowest BCUT2D eigenvalue weighted by Gasteiger charge is -2.40. The smallest absolute Gasteiger partial charge is 0.311 e. The van der Waals surface area contributed by atoms with Crippen molar-refractivity contribution in [3.8, 4) is 0 Å². The molecule has 1 fully saturated rings. The number of hydrogen-bond acceptors (Lipinski definition) is 4. The molecular weight excluding hydrogens is 316 g/mol. The highest BCUT2D eigenvalue weighted by atomic mass is 19.1. The monoisotopic (exact) mass is 333 g/mol. The predicted molar refractivity (Wildman–Crippen MR) is 83.6 cm³/mol. The molecule has 1 aliphatic heterocycles. The van der Waals surface area contributed by atoms with Crippen LogP contribution in [0.1, 0.15) is 18.4 Å². The zero-order valence-corrected chi connectivity index (χ0v) is 13.0. The van der Waals surface area contributed by atoms with Crippen LogP contribution in [0.15, 0.2) is 36.7 Å². The van der Waals surface area contributed by atoms with E-state index in [0.717, 1.165) is 12.1 Å². The van der Waals surface area contributed by atoms with Crippen molar-refractivity contribution in [1.29, 1.82) is 0 Å². The van der Waals surface area contributed by atoms with Crippen molar-refractivity contribution < 1.29 is 18.7 Å². The van der Waals surface area contributed by atoms with Crippen LogP contribution in [0.25, 0.3) is 0 Å². The van der Waals surface area contributed by atoms with E-state index < -0.39 is 23.0 Å². The molecule has 0 unspecified atom stereocenters. The van der Waals surface area contributed by atoms with E-state index in [1.54, 1.807) is 23.4 Å². The molecule has 126 valence electrons. The fourth-order valence-corrected chi connectivity index (χ4v) is 3.18. The van der Waals surface area contributed by atoms with Crippen molar-refractivity contribution in [2.45, 2.75) is 19.3 Å². The molecule has 0 saturated carbocycles. The van der Waals surface area contributed by atoms with Gasteiger partial charge in [0, 0.05) is 31.5 Å². The van der Waals surface area contributed by atoms with Gasteiger partial charge in [-0.2, -0.15) is 0 Å². The van der Waals surface area contributed by atoms with Crippen LogP contribution >= 0.6 is 0 Å². The molecule has 5 nitrogen and oxygen atoms in total. The molecule has 1 atom stereocenters. The normalized spacial score (nSPS) is 20.8. The molecule has 2 heterocycles. The third kappa shape index (κ3) is 3.20. The number of hydrogen-bond donors (Lipinski definition) is 1. The quantitative estimate of drug-likeness (QED) is 0.932. The number of carboxylic acids is 1. The van der Waals surface area contributed by atoms with Crippen molar-refractivity contribution in [2.24, 2.45) is 5.41 Å². The van der Waals surface area contributed by atoms with Gasteiger partial charge in [-0.3, -0.25) is 4.79 Å². The number of rotatable bonds is 4. The maximum Gasteiger partial charge on any atom is 0.311 e. The van der Waals surface area contributed by atoms with Crippen molar-refractivity contribution in [3.05, 3.63) is 53.9 Å². The molecular formula is C17H17F2N3O2. The van der Waals surface area contributed by atoms with E-state index in [9.17, 15) is 18.7 Å². The second kappa shape index (κ2) is 6.51. The molecule has 1 aromatic carbocycles. The fraction of sp³-hybridized carbons (Fsp3) is 0.353. The van der Waals surface area contributed by atoms with Crippen LogP contribution < -0.4 is 4.90 Å². The number of carbonyl (C=O) groups is 1. The van der Waals surface area contributed by atoms with Gasteiger partial charge in [-0.1, -0.05) is 6.07 Å². The third-order valence-corrected chi connectivity index (χ3v) is 4.41. The van der Waals surface area contributed by atoms with Gasteiger partial charge in [0.05, 0.1) is 5.41 Å². The second-order valence-electron chi connectivity index (χ2n) is 6.07. The molecule has 0 aliphatic carbocycles. The third-order valence-electron chi connectivity index (χ3n) is 4.41. The van der Waals surface area contributed by atoms with Gasteiger partial charge in [0.1, 0.15) is 11.6 Å². The number of benzene rings is 1. The lowest BCUT2D eigenvalue weighted by Crippen LogP contribution is -2.49. The Morgan fingerprint density at radius 3 is 2.71 bits per heavy atom. The van der Waals surface area contributed by atoms with Crippen LogP contribution in [0.4, 0.5) is 14.7 Å². The fourth-order valence-electron chi connectivity index (χ4n) is 3.18.